The molecule has 0 heterocycles. The Morgan fingerprint density at radius 3 is 1.56 bits per heavy atom. The molecule has 0 aliphatic rings. The van der Waals surface area contributed by atoms with Crippen LogP contribution in [0.5, 0.6) is 0 Å². The van der Waals surface area contributed by atoms with Gasteiger partial charge in [-0.25, -0.2) is 0 Å². The standard InChI is InChI=1S/C21H44NO4P/c1-4-7-8-9-10-11-12-13-14-15-16-17-18-20(19-21(22)23)27(24,25-5-2)26-6-3/h20H,4-19H2,1-3H3,(H2,22,23). The van der Waals surface area contributed by atoms with Crippen LogP contribution in [0, 0.1) is 0 Å². The second-order valence-corrected chi connectivity index (χ2v) is 9.70. The number of hydrogen-bond acceptors (Lipinski definition) is 4. The van der Waals surface area contributed by atoms with Gasteiger partial charge in [-0.05, 0) is 20.3 Å². The summed E-state index contributed by atoms with van der Waals surface area (Å²) < 4.78 is 23.8. The molecule has 162 valence electrons. The van der Waals surface area contributed by atoms with Crippen molar-refractivity contribution in [1.29, 1.82) is 0 Å². The zero-order valence-corrected chi connectivity index (χ0v) is 18.9. The zero-order chi connectivity index (χ0) is 20.4. The fourth-order valence-electron chi connectivity index (χ4n) is 3.43. The molecule has 0 aliphatic heterocycles. The first-order valence-corrected chi connectivity index (χ1v) is 12.8. The third kappa shape index (κ3) is 14.3. The Kier molecular flexibility index (Phi) is 17.5. The Labute approximate surface area is 167 Å². The SMILES string of the molecule is CCCCCCCCCCCCCCC(CC(N)=O)P(=O)(OCC)OCC. The minimum Gasteiger partial charge on any atom is -0.370 e. The number of carbonyl (C=O) groups is 1. The minimum absolute atomic E-state index is 0.0648. The molecule has 27 heavy (non-hydrogen) atoms. The molecule has 0 fully saturated rings. The van der Waals surface area contributed by atoms with Crippen molar-refractivity contribution >= 4 is 13.5 Å². The molecular weight excluding hydrogens is 361 g/mol. The summed E-state index contributed by atoms with van der Waals surface area (Å²) in [4.78, 5) is 11.4. The summed E-state index contributed by atoms with van der Waals surface area (Å²) in [5.41, 5.74) is 4.93. The van der Waals surface area contributed by atoms with Crippen LogP contribution in [0.15, 0.2) is 0 Å². The van der Waals surface area contributed by atoms with E-state index in [1.807, 2.05) is 0 Å². The number of unbranched alkanes of at least 4 members (excludes halogenated alkanes) is 11. The lowest BCUT2D eigenvalue weighted by Gasteiger charge is -2.25. The van der Waals surface area contributed by atoms with E-state index in [2.05, 4.69) is 6.92 Å². The highest BCUT2D eigenvalue weighted by molar-refractivity contribution is 7.54. The summed E-state index contributed by atoms with van der Waals surface area (Å²) in [6, 6.07) is 0. The van der Waals surface area contributed by atoms with Gasteiger partial charge in [-0.1, -0.05) is 84.0 Å². The van der Waals surface area contributed by atoms with E-state index in [0.29, 0.717) is 19.6 Å². The first-order valence-electron chi connectivity index (χ1n) is 11.2. The van der Waals surface area contributed by atoms with E-state index in [4.69, 9.17) is 14.8 Å². The van der Waals surface area contributed by atoms with Gasteiger partial charge >= 0.3 is 7.60 Å². The number of amides is 1. The molecule has 0 bridgehead atoms. The zero-order valence-electron chi connectivity index (χ0n) is 18.0. The molecule has 1 atom stereocenters. The van der Waals surface area contributed by atoms with Crippen LogP contribution < -0.4 is 5.73 Å². The molecule has 0 aromatic carbocycles. The van der Waals surface area contributed by atoms with E-state index in [9.17, 15) is 9.36 Å². The maximum absolute atomic E-state index is 12.9. The summed E-state index contributed by atoms with van der Waals surface area (Å²) in [5, 5.41) is 0. The fourth-order valence-corrected chi connectivity index (χ4v) is 5.55. The summed E-state index contributed by atoms with van der Waals surface area (Å²) in [6.07, 6.45) is 16.0. The van der Waals surface area contributed by atoms with Gasteiger partial charge in [0, 0.05) is 6.42 Å². The van der Waals surface area contributed by atoms with Crippen molar-refractivity contribution in [2.24, 2.45) is 5.73 Å². The summed E-state index contributed by atoms with van der Waals surface area (Å²) in [7, 11) is -3.27. The Hall–Kier alpha value is -0.380. The molecule has 0 saturated carbocycles. The molecule has 2 N–H and O–H groups in total. The van der Waals surface area contributed by atoms with Crippen molar-refractivity contribution in [3.05, 3.63) is 0 Å². The molecule has 0 radical (unpaired) electrons. The van der Waals surface area contributed by atoms with Crippen LogP contribution in [0.2, 0.25) is 0 Å². The van der Waals surface area contributed by atoms with Crippen molar-refractivity contribution in [3.8, 4) is 0 Å². The highest BCUT2D eigenvalue weighted by Gasteiger charge is 2.36. The Morgan fingerprint density at radius 1 is 0.778 bits per heavy atom. The van der Waals surface area contributed by atoms with Crippen molar-refractivity contribution in [2.75, 3.05) is 13.2 Å². The highest BCUT2D eigenvalue weighted by Crippen LogP contribution is 2.55. The molecule has 5 nitrogen and oxygen atoms in total. The maximum Gasteiger partial charge on any atom is 0.334 e. The van der Waals surface area contributed by atoms with Crippen LogP contribution in [-0.4, -0.2) is 24.8 Å². The maximum atomic E-state index is 12.9. The molecule has 1 unspecified atom stereocenters. The van der Waals surface area contributed by atoms with E-state index in [0.717, 1.165) is 12.8 Å². The number of rotatable bonds is 20. The minimum atomic E-state index is -3.27. The van der Waals surface area contributed by atoms with Gasteiger partial charge in [-0.2, -0.15) is 0 Å². The van der Waals surface area contributed by atoms with Crippen molar-refractivity contribution in [1.82, 2.24) is 0 Å². The molecule has 0 aliphatic carbocycles. The quantitative estimate of drug-likeness (QED) is 0.183. The van der Waals surface area contributed by atoms with Gasteiger partial charge in [-0.15, -0.1) is 0 Å². The summed E-state index contributed by atoms with van der Waals surface area (Å²) in [5.74, 6) is -0.446. The second kappa shape index (κ2) is 17.7. The highest BCUT2D eigenvalue weighted by atomic mass is 31.2. The number of carbonyl (C=O) groups excluding carboxylic acids is 1. The molecule has 0 aromatic rings. The lowest BCUT2D eigenvalue weighted by Crippen LogP contribution is -2.22. The molecule has 0 aromatic heterocycles. The predicted molar refractivity (Wildman–Crippen MR) is 114 cm³/mol. The van der Waals surface area contributed by atoms with Crippen molar-refractivity contribution in [2.45, 2.75) is 116 Å². The van der Waals surface area contributed by atoms with E-state index >= 15 is 0 Å². The average Bonchev–Trinajstić information content (AvgIpc) is 2.61. The average molecular weight is 406 g/mol. The van der Waals surface area contributed by atoms with E-state index < -0.39 is 19.2 Å². The summed E-state index contributed by atoms with van der Waals surface area (Å²) >= 11 is 0. The Balaban J connectivity index is 3.97. The van der Waals surface area contributed by atoms with Gasteiger partial charge in [-0.3, -0.25) is 9.36 Å². The van der Waals surface area contributed by atoms with Crippen LogP contribution in [-0.2, 0) is 18.4 Å². The monoisotopic (exact) mass is 405 g/mol. The number of hydrogen-bond donors (Lipinski definition) is 1. The topological polar surface area (TPSA) is 78.6 Å². The van der Waals surface area contributed by atoms with E-state index in [1.165, 1.54) is 64.2 Å². The van der Waals surface area contributed by atoms with Crippen LogP contribution in [0.1, 0.15) is 111 Å². The van der Waals surface area contributed by atoms with Crippen LogP contribution in [0.25, 0.3) is 0 Å². The predicted octanol–water partition coefficient (Wildman–Crippen LogP) is 6.59. The van der Waals surface area contributed by atoms with Crippen LogP contribution >= 0.6 is 7.60 Å². The number of nitrogens with two attached hydrogens (primary N) is 1. The second-order valence-electron chi connectivity index (χ2n) is 7.38. The van der Waals surface area contributed by atoms with Crippen molar-refractivity contribution < 1.29 is 18.4 Å². The van der Waals surface area contributed by atoms with Gasteiger partial charge in [0.25, 0.3) is 0 Å². The van der Waals surface area contributed by atoms with Crippen molar-refractivity contribution in [3.63, 3.8) is 0 Å². The molecule has 0 spiro atoms. The van der Waals surface area contributed by atoms with Gasteiger partial charge in [0.1, 0.15) is 0 Å². The summed E-state index contributed by atoms with van der Waals surface area (Å²) in [6.45, 7) is 6.45. The largest absolute Gasteiger partial charge is 0.370 e. The number of primary amides is 1. The normalized spacial score (nSPS) is 13.0. The lowest BCUT2D eigenvalue weighted by molar-refractivity contribution is -0.118. The van der Waals surface area contributed by atoms with Crippen LogP contribution in [0.4, 0.5) is 0 Å². The molecule has 1 amide bonds. The van der Waals surface area contributed by atoms with Gasteiger partial charge in [0.05, 0.1) is 18.9 Å². The Bertz CT molecular complexity index is 394. The molecule has 6 heteroatoms. The van der Waals surface area contributed by atoms with E-state index in [-0.39, 0.29) is 6.42 Å². The molecule has 0 rings (SSSR count). The third-order valence-electron chi connectivity index (χ3n) is 4.89. The smallest absolute Gasteiger partial charge is 0.334 e. The Morgan fingerprint density at radius 2 is 1.19 bits per heavy atom. The van der Waals surface area contributed by atoms with Gasteiger partial charge < -0.3 is 14.8 Å². The van der Waals surface area contributed by atoms with Gasteiger partial charge in [0.2, 0.25) is 5.91 Å². The van der Waals surface area contributed by atoms with Gasteiger partial charge in [0.15, 0.2) is 0 Å². The van der Waals surface area contributed by atoms with Crippen LogP contribution in [0.3, 0.4) is 0 Å². The molecule has 0 saturated heterocycles. The van der Waals surface area contributed by atoms with E-state index in [1.54, 1.807) is 13.8 Å². The molecular formula is C21H44NO4P. The fraction of sp³-hybridized carbons (Fsp3) is 0.952. The lowest BCUT2D eigenvalue weighted by atomic mass is 10.0. The third-order valence-corrected chi connectivity index (χ3v) is 7.46. The first kappa shape index (κ1) is 26.6. The first-order chi connectivity index (χ1) is 13.0.